The smallest absolute Gasteiger partial charge is 0.407 e. The molecule has 0 saturated carbocycles. The lowest BCUT2D eigenvalue weighted by Gasteiger charge is -2.26. The third-order valence-electron chi connectivity index (χ3n) is 2.92. The van der Waals surface area contributed by atoms with Crippen molar-refractivity contribution in [3.63, 3.8) is 0 Å². The Balaban J connectivity index is 2.70. The summed E-state index contributed by atoms with van der Waals surface area (Å²) in [5.74, 6) is -1.19. The van der Waals surface area contributed by atoms with Crippen molar-refractivity contribution in [2.45, 2.75) is 64.6 Å². The van der Waals surface area contributed by atoms with Crippen LogP contribution in [0.25, 0.3) is 0 Å². The summed E-state index contributed by atoms with van der Waals surface area (Å²) >= 11 is 0. The highest BCUT2D eigenvalue weighted by Gasteiger charge is 2.39. The normalized spacial score (nSPS) is 21.3. The van der Waals surface area contributed by atoms with Crippen LogP contribution in [0, 0.1) is 0 Å². The maximum atomic E-state index is 12.1. The number of alkyl carbamates (subject to hydrolysis) is 1. The van der Waals surface area contributed by atoms with Crippen molar-refractivity contribution in [2.75, 3.05) is 13.2 Å². The first-order chi connectivity index (χ1) is 10.5. The van der Waals surface area contributed by atoms with Gasteiger partial charge in [0.25, 0.3) is 0 Å². The molecule has 2 atom stereocenters. The van der Waals surface area contributed by atoms with E-state index in [4.69, 9.17) is 18.9 Å². The molecule has 7 heteroatoms. The van der Waals surface area contributed by atoms with Crippen molar-refractivity contribution in [1.82, 2.24) is 5.32 Å². The van der Waals surface area contributed by atoms with Crippen molar-refractivity contribution in [3.8, 4) is 0 Å². The van der Waals surface area contributed by atoms with E-state index in [9.17, 15) is 9.59 Å². The first kappa shape index (κ1) is 19.4. The number of esters is 1. The molecular formula is C16H27NO6. The fourth-order valence-corrected chi connectivity index (χ4v) is 2.08. The van der Waals surface area contributed by atoms with Gasteiger partial charge in [-0.05, 0) is 34.6 Å². The molecule has 1 N–H and O–H groups in total. The molecule has 1 aliphatic rings. The molecule has 0 aromatic carbocycles. The molecule has 0 bridgehead atoms. The molecule has 1 aliphatic heterocycles. The number of ether oxygens (including phenoxy) is 4. The Morgan fingerprint density at radius 2 is 2.09 bits per heavy atom. The van der Waals surface area contributed by atoms with E-state index >= 15 is 0 Å². The zero-order chi connectivity index (χ0) is 17.7. The molecule has 0 spiro atoms. The Hall–Kier alpha value is -1.60. The zero-order valence-electron chi connectivity index (χ0n) is 14.5. The number of hydrogen-bond donors (Lipinski definition) is 1. The maximum absolute atomic E-state index is 12.1. The van der Waals surface area contributed by atoms with Crippen LogP contribution in [-0.4, -0.2) is 48.8 Å². The van der Waals surface area contributed by atoms with Gasteiger partial charge < -0.3 is 24.3 Å². The number of carbonyl (C=O) groups is 2. The summed E-state index contributed by atoms with van der Waals surface area (Å²) in [6, 6.07) is -0.607. The minimum atomic E-state index is -0.760. The molecule has 132 valence electrons. The van der Waals surface area contributed by atoms with Crippen LogP contribution in [-0.2, 0) is 23.7 Å². The number of rotatable bonds is 6. The van der Waals surface area contributed by atoms with Gasteiger partial charge in [0.2, 0.25) is 0 Å². The van der Waals surface area contributed by atoms with Crippen LogP contribution in [0.5, 0.6) is 0 Å². The highest BCUT2D eigenvalue weighted by Crippen LogP contribution is 2.25. The van der Waals surface area contributed by atoms with E-state index in [-0.39, 0.29) is 19.6 Å². The van der Waals surface area contributed by atoms with Crippen molar-refractivity contribution in [2.24, 2.45) is 0 Å². The second-order valence-corrected chi connectivity index (χ2v) is 6.80. The van der Waals surface area contributed by atoms with E-state index in [1.165, 1.54) is 6.08 Å². The Bertz CT molecular complexity index is 440. The van der Waals surface area contributed by atoms with E-state index in [0.29, 0.717) is 0 Å². The molecule has 0 radical (unpaired) electrons. The van der Waals surface area contributed by atoms with Crippen LogP contribution in [0.3, 0.4) is 0 Å². The third-order valence-corrected chi connectivity index (χ3v) is 2.92. The standard InChI is InChI=1S/C16H27NO6/c1-7-8-20-14(19)17-11(9-13(18)23-15(2,3)4)12-10-21-16(5,6)22-12/h7,11-12H,1,8-10H2,2-6H3,(H,17,19). The average molecular weight is 329 g/mol. The molecule has 0 aromatic heterocycles. The van der Waals surface area contributed by atoms with Crippen LogP contribution in [0.4, 0.5) is 4.79 Å². The van der Waals surface area contributed by atoms with Crippen LogP contribution in [0.2, 0.25) is 0 Å². The van der Waals surface area contributed by atoms with Crippen LogP contribution in [0.1, 0.15) is 41.0 Å². The van der Waals surface area contributed by atoms with Gasteiger partial charge in [-0.25, -0.2) is 4.79 Å². The Morgan fingerprint density at radius 1 is 1.43 bits per heavy atom. The minimum Gasteiger partial charge on any atom is -0.460 e. The molecule has 7 nitrogen and oxygen atoms in total. The predicted octanol–water partition coefficient (Wildman–Crippen LogP) is 2.15. The lowest BCUT2D eigenvalue weighted by atomic mass is 10.1. The molecule has 1 saturated heterocycles. The predicted molar refractivity (Wildman–Crippen MR) is 83.8 cm³/mol. The van der Waals surface area contributed by atoms with Gasteiger partial charge in [0, 0.05) is 0 Å². The quantitative estimate of drug-likeness (QED) is 0.594. The minimum absolute atomic E-state index is 0.0371. The lowest BCUT2D eigenvalue weighted by Crippen LogP contribution is -2.47. The SMILES string of the molecule is C=CCOC(=O)NC(CC(=O)OC(C)(C)C)C1COC(C)(C)O1. The molecule has 23 heavy (non-hydrogen) atoms. The highest BCUT2D eigenvalue weighted by atomic mass is 16.7. The van der Waals surface area contributed by atoms with Gasteiger partial charge in [0.1, 0.15) is 18.3 Å². The Labute approximate surface area is 137 Å². The molecule has 1 heterocycles. The lowest BCUT2D eigenvalue weighted by molar-refractivity contribution is -0.159. The van der Waals surface area contributed by atoms with Gasteiger partial charge in [0.15, 0.2) is 5.79 Å². The molecule has 0 aliphatic carbocycles. The summed E-state index contributed by atoms with van der Waals surface area (Å²) < 4.78 is 21.4. The molecule has 1 amide bonds. The average Bonchev–Trinajstić information content (AvgIpc) is 2.73. The van der Waals surface area contributed by atoms with E-state index in [2.05, 4.69) is 11.9 Å². The second-order valence-electron chi connectivity index (χ2n) is 6.80. The van der Waals surface area contributed by atoms with Crippen LogP contribution in [0.15, 0.2) is 12.7 Å². The van der Waals surface area contributed by atoms with Gasteiger partial charge in [0.05, 0.1) is 19.1 Å². The number of amides is 1. The molecule has 2 unspecified atom stereocenters. The summed E-state index contributed by atoms with van der Waals surface area (Å²) in [5, 5.41) is 2.63. The van der Waals surface area contributed by atoms with Crippen molar-refractivity contribution in [3.05, 3.63) is 12.7 Å². The van der Waals surface area contributed by atoms with Gasteiger partial charge in [-0.1, -0.05) is 12.7 Å². The summed E-state index contributed by atoms with van der Waals surface area (Å²) in [6.07, 6.45) is 0.311. The van der Waals surface area contributed by atoms with Crippen LogP contribution < -0.4 is 5.32 Å². The van der Waals surface area contributed by atoms with Gasteiger partial charge in [-0.15, -0.1) is 0 Å². The Kier molecular flexibility index (Phi) is 6.58. The van der Waals surface area contributed by atoms with E-state index in [1.54, 1.807) is 34.6 Å². The van der Waals surface area contributed by atoms with Gasteiger partial charge in [-0.3, -0.25) is 4.79 Å². The maximum Gasteiger partial charge on any atom is 0.407 e. The summed E-state index contributed by atoms with van der Waals surface area (Å²) in [5.41, 5.74) is -0.600. The Morgan fingerprint density at radius 3 is 2.57 bits per heavy atom. The van der Waals surface area contributed by atoms with Crippen LogP contribution >= 0.6 is 0 Å². The van der Waals surface area contributed by atoms with E-state index in [1.807, 2.05) is 0 Å². The molecule has 0 aromatic rings. The second kappa shape index (κ2) is 7.79. The zero-order valence-corrected chi connectivity index (χ0v) is 14.5. The first-order valence-electron chi connectivity index (χ1n) is 7.60. The number of carbonyl (C=O) groups excluding carboxylic acids is 2. The topological polar surface area (TPSA) is 83.1 Å². The first-order valence-corrected chi connectivity index (χ1v) is 7.60. The molecule has 1 rings (SSSR count). The van der Waals surface area contributed by atoms with E-state index in [0.717, 1.165) is 0 Å². The van der Waals surface area contributed by atoms with Crippen molar-refractivity contribution >= 4 is 12.1 Å². The largest absolute Gasteiger partial charge is 0.460 e. The van der Waals surface area contributed by atoms with Gasteiger partial charge >= 0.3 is 12.1 Å². The van der Waals surface area contributed by atoms with Crippen molar-refractivity contribution in [1.29, 1.82) is 0 Å². The summed E-state index contributed by atoms with van der Waals surface area (Å²) in [6.45, 7) is 12.7. The third kappa shape index (κ3) is 7.47. The molecular weight excluding hydrogens is 302 g/mol. The summed E-state index contributed by atoms with van der Waals surface area (Å²) in [7, 11) is 0. The molecule has 1 fully saturated rings. The number of hydrogen-bond acceptors (Lipinski definition) is 6. The number of nitrogens with one attached hydrogen (secondary N) is 1. The van der Waals surface area contributed by atoms with Crippen molar-refractivity contribution < 1.29 is 28.5 Å². The highest BCUT2D eigenvalue weighted by molar-refractivity contribution is 5.73. The fraction of sp³-hybridized carbons (Fsp3) is 0.750. The monoisotopic (exact) mass is 329 g/mol. The fourth-order valence-electron chi connectivity index (χ4n) is 2.08. The summed E-state index contributed by atoms with van der Waals surface area (Å²) in [4.78, 5) is 23.8. The van der Waals surface area contributed by atoms with E-state index < -0.39 is 35.6 Å². The van der Waals surface area contributed by atoms with Gasteiger partial charge in [-0.2, -0.15) is 0 Å².